The molecule has 0 saturated heterocycles. The topological polar surface area (TPSA) is 50.9 Å². The van der Waals surface area contributed by atoms with Gasteiger partial charge in [0.25, 0.3) is 0 Å². The molecule has 1 aliphatic rings. The molecule has 1 heterocycles. The van der Waals surface area contributed by atoms with Crippen LogP contribution in [0.15, 0.2) is 17.6 Å². The van der Waals surface area contributed by atoms with E-state index < -0.39 is 0 Å². The van der Waals surface area contributed by atoms with Gasteiger partial charge in [0.05, 0.1) is 21.6 Å². The number of nitrogens with zero attached hydrogens (tertiary/aromatic N) is 1. The number of hydrogen-bond donors (Lipinski definition) is 2. The second-order valence-electron chi connectivity index (χ2n) is 5.64. The first-order valence-electron chi connectivity index (χ1n) is 7.10. The van der Waals surface area contributed by atoms with Gasteiger partial charge >= 0.3 is 0 Å². The van der Waals surface area contributed by atoms with Gasteiger partial charge in [-0.25, -0.2) is 4.98 Å². The van der Waals surface area contributed by atoms with E-state index in [0.29, 0.717) is 5.41 Å². The number of nitrogens with two attached hydrogens (primary N) is 1. The summed E-state index contributed by atoms with van der Waals surface area (Å²) in [5.74, 6) is 0. The van der Waals surface area contributed by atoms with Crippen molar-refractivity contribution >= 4 is 32.9 Å². The zero-order valence-corrected chi connectivity index (χ0v) is 12.2. The van der Waals surface area contributed by atoms with Crippen LogP contribution < -0.4 is 11.1 Å². The maximum absolute atomic E-state index is 6.21. The Labute approximate surface area is 118 Å². The predicted molar refractivity (Wildman–Crippen MR) is 83.7 cm³/mol. The number of anilines is 2. The van der Waals surface area contributed by atoms with Crippen LogP contribution >= 0.6 is 11.3 Å². The van der Waals surface area contributed by atoms with Crippen LogP contribution in [-0.2, 0) is 0 Å². The number of nitrogens with one attached hydrogen (secondary N) is 1. The van der Waals surface area contributed by atoms with Gasteiger partial charge in [-0.05, 0) is 36.8 Å². The van der Waals surface area contributed by atoms with E-state index in [1.165, 1.54) is 32.1 Å². The van der Waals surface area contributed by atoms with E-state index in [0.717, 1.165) is 28.1 Å². The monoisotopic (exact) mass is 275 g/mol. The van der Waals surface area contributed by atoms with Crippen LogP contribution in [0.5, 0.6) is 0 Å². The van der Waals surface area contributed by atoms with Gasteiger partial charge in [-0.15, -0.1) is 11.3 Å². The predicted octanol–water partition coefficient (Wildman–Crippen LogP) is 4.26. The molecule has 0 atom stereocenters. The molecule has 19 heavy (non-hydrogen) atoms. The summed E-state index contributed by atoms with van der Waals surface area (Å²) >= 11 is 1.64. The fourth-order valence-electron chi connectivity index (χ4n) is 3.17. The van der Waals surface area contributed by atoms with Crippen molar-refractivity contribution in [3.8, 4) is 0 Å². The Kier molecular flexibility index (Phi) is 3.35. The fraction of sp³-hybridized carbons (Fsp3) is 0.533. The van der Waals surface area contributed by atoms with Crippen LogP contribution in [0.1, 0.15) is 39.0 Å². The molecule has 1 aromatic carbocycles. The molecule has 2 aromatic rings. The second kappa shape index (κ2) is 5.00. The quantitative estimate of drug-likeness (QED) is 0.820. The molecule has 1 aromatic heterocycles. The van der Waals surface area contributed by atoms with E-state index in [9.17, 15) is 0 Å². The average molecular weight is 275 g/mol. The van der Waals surface area contributed by atoms with Crippen LogP contribution in [-0.4, -0.2) is 11.5 Å². The lowest BCUT2D eigenvalue weighted by Gasteiger charge is -2.28. The molecular weight excluding hydrogens is 254 g/mol. The molecule has 0 spiro atoms. The minimum Gasteiger partial charge on any atom is -0.395 e. The molecule has 0 bridgehead atoms. The average Bonchev–Trinajstić information content (AvgIpc) is 3.08. The smallest absolute Gasteiger partial charge is 0.106 e. The molecule has 1 aliphatic carbocycles. The van der Waals surface area contributed by atoms with E-state index in [-0.39, 0.29) is 0 Å². The highest BCUT2D eigenvalue weighted by atomic mass is 32.1. The first-order chi connectivity index (χ1) is 9.24. The Hall–Kier alpha value is -1.29. The van der Waals surface area contributed by atoms with E-state index in [1.807, 2.05) is 5.51 Å². The van der Waals surface area contributed by atoms with Crippen LogP contribution in [0.3, 0.4) is 0 Å². The lowest BCUT2D eigenvalue weighted by molar-refractivity contribution is 0.307. The lowest BCUT2D eigenvalue weighted by Crippen LogP contribution is -2.26. The first kappa shape index (κ1) is 12.7. The standard InChI is InChI=1S/C15H21N3S/c1-2-15(7-3-4-8-15)9-17-11-5-6-12-14(13(11)16)18-10-19-12/h5-6,10,17H,2-4,7-9,16H2,1H3. The van der Waals surface area contributed by atoms with Gasteiger partial charge in [0, 0.05) is 6.54 Å². The summed E-state index contributed by atoms with van der Waals surface area (Å²) in [5.41, 5.74) is 11.3. The Morgan fingerprint density at radius 2 is 2.16 bits per heavy atom. The summed E-state index contributed by atoms with van der Waals surface area (Å²) in [5, 5.41) is 3.57. The number of nitrogen functional groups attached to an aromatic ring is 1. The number of thiazole rings is 1. The number of hydrogen-bond acceptors (Lipinski definition) is 4. The fourth-order valence-corrected chi connectivity index (χ4v) is 3.86. The van der Waals surface area contributed by atoms with Crippen molar-refractivity contribution in [2.75, 3.05) is 17.6 Å². The van der Waals surface area contributed by atoms with Gasteiger partial charge in [-0.3, -0.25) is 0 Å². The second-order valence-corrected chi connectivity index (χ2v) is 6.53. The number of fused-ring (bicyclic) bond motifs is 1. The van der Waals surface area contributed by atoms with Crippen molar-refractivity contribution in [1.82, 2.24) is 4.98 Å². The van der Waals surface area contributed by atoms with Crippen molar-refractivity contribution in [2.24, 2.45) is 5.41 Å². The van der Waals surface area contributed by atoms with Crippen LogP contribution in [0.2, 0.25) is 0 Å². The minimum atomic E-state index is 0.476. The third-order valence-electron chi connectivity index (χ3n) is 4.61. The third kappa shape index (κ3) is 2.29. The Bertz CT molecular complexity index is 570. The summed E-state index contributed by atoms with van der Waals surface area (Å²) in [6.45, 7) is 3.34. The number of aromatic nitrogens is 1. The molecular formula is C15H21N3S. The van der Waals surface area contributed by atoms with Gasteiger partial charge in [0.15, 0.2) is 0 Å². The summed E-state index contributed by atoms with van der Waals surface area (Å²) in [7, 11) is 0. The Balaban J connectivity index is 1.79. The van der Waals surface area contributed by atoms with E-state index in [2.05, 4.69) is 29.4 Å². The molecule has 3 rings (SSSR count). The molecule has 0 unspecified atom stereocenters. The normalized spacial score (nSPS) is 17.9. The summed E-state index contributed by atoms with van der Waals surface area (Å²) in [6.07, 6.45) is 6.68. The molecule has 1 fully saturated rings. The van der Waals surface area contributed by atoms with Crippen LogP contribution in [0, 0.1) is 5.41 Å². The van der Waals surface area contributed by atoms with Crippen molar-refractivity contribution < 1.29 is 0 Å². The molecule has 4 heteroatoms. The lowest BCUT2D eigenvalue weighted by atomic mass is 9.83. The molecule has 0 radical (unpaired) electrons. The summed E-state index contributed by atoms with van der Waals surface area (Å²) in [4.78, 5) is 4.35. The van der Waals surface area contributed by atoms with Gasteiger partial charge in [0.1, 0.15) is 5.52 Å². The van der Waals surface area contributed by atoms with Gasteiger partial charge in [-0.2, -0.15) is 0 Å². The molecule has 0 amide bonds. The van der Waals surface area contributed by atoms with Crippen LogP contribution in [0.25, 0.3) is 10.2 Å². The first-order valence-corrected chi connectivity index (χ1v) is 7.98. The molecule has 1 saturated carbocycles. The Morgan fingerprint density at radius 3 is 2.89 bits per heavy atom. The zero-order valence-electron chi connectivity index (χ0n) is 11.4. The van der Waals surface area contributed by atoms with Crippen molar-refractivity contribution in [3.63, 3.8) is 0 Å². The maximum atomic E-state index is 6.21. The van der Waals surface area contributed by atoms with Crippen molar-refractivity contribution in [1.29, 1.82) is 0 Å². The highest BCUT2D eigenvalue weighted by Gasteiger charge is 2.31. The highest BCUT2D eigenvalue weighted by Crippen LogP contribution is 2.41. The van der Waals surface area contributed by atoms with Gasteiger partial charge in [0.2, 0.25) is 0 Å². The van der Waals surface area contributed by atoms with Crippen molar-refractivity contribution in [2.45, 2.75) is 39.0 Å². The van der Waals surface area contributed by atoms with Gasteiger partial charge < -0.3 is 11.1 Å². The maximum Gasteiger partial charge on any atom is 0.106 e. The highest BCUT2D eigenvalue weighted by molar-refractivity contribution is 7.16. The van der Waals surface area contributed by atoms with E-state index >= 15 is 0 Å². The molecule has 3 N–H and O–H groups in total. The molecule has 3 nitrogen and oxygen atoms in total. The number of rotatable bonds is 4. The number of benzene rings is 1. The van der Waals surface area contributed by atoms with Crippen molar-refractivity contribution in [3.05, 3.63) is 17.6 Å². The largest absolute Gasteiger partial charge is 0.395 e. The summed E-state index contributed by atoms with van der Waals surface area (Å²) < 4.78 is 1.16. The molecule has 102 valence electrons. The van der Waals surface area contributed by atoms with Gasteiger partial charge in [-0.1, -0.05) is 19.8 Å². The van der Waals surface area contributed by atoms with Crippen LogP contribution in [0.4, 0.5) is 11.4 Å². The summed E-state index contributed by atoms with van der Waals surface area (Å²) in [6, 6.07) is 4.20. The zero-order chi connectivity index (χ0) is 13.3. The SMILES string of the molecule is CCC1(CNc2ccc3scnc3c2N)CCCC1. The minimum absolute atomic E-state index is 0.476. The Morgan fingerprint density at radius 1 is 1.37 bits per heavy atom. The molecule has 0 aliphatic heterocycles. The third-order valence-corrected chi connectivity index (χ3v) is 5.40. The van der Waals surface area contributed by atoms with E-state index in [4.69, 9.17) is 5.73 Å². The van der Waals surface area contributed by atoms with E-state index in [1.54, 1.807) is 11.3 Å².